The molecule has 1 N–H and O–H groups in total. The van der Waals surface area contributed by atoms with Gasteiger partial charge in [0, 0.05) is 29.7 Å². The number of benzene rings is 3. The number of carbonyl (C=O) groups is 1. The van der Waals surface area contributed by atoms with Crippen LogP contribution in [-0.4, -0.2) is 43.7 Å². The van der Waals surface area contributed by atoms with Crippen LogP contribution in [0.25, 0.3) is 10.8 Å². The van der Waals surface area contributed by atoms with E-state index in [1.165, 1.54) is 5.56 Å². The number of rotatable bonds is 5. The summed E-state index contributed by atoms with van der Waals surface area (Å²) < 4.78 is 6.47. The molecule has 158 valence electrons. The Morgan fingerprint density at radius 2 is 1.63 bits per heavy atom. The zero-order valence-corrected chi connectivity index (χ0v) is 18.4. The highest BCUT2D eigenvalue weighted by Gasteiger charge is 2.30. The Morgan fingerprint density at radius 1 is 0.967 bits per heavy atom. The van der Waals surface area contributed by atoms with Crippen molar-refractivity contribution in [1.29, 1.82) is 0 Å². The highest BCUT2D eigenvalue weighted by molar-refractivity contribution is 6.12. The molecule has 5 heteroatoms. The molecule has 1 aliphatic heterocycles. The monoisotopic (exact) mass is 424 g/mol. The highest BCUT2D eigenvalue weighted by atomic mass is 35.5. The van der Waals surface area contributed by atoms with Gasteiger partial charge in [0.2, 0.25) is 0 Å². The maximum absolute atomic E-state index is 12.8. The third-order valence-electron chi connectivity index (χ3n) is 6.02. The van der Waals surface area contributed by atoms with E-state index in [1.54, 1.807) is 0 Å². The molecule has 1 amide bonds. The second-order valence-corrected chi connectivity index (χ2v) is 8.46. The van der Waals surface area contributed by atoms with Crippen molar-refractivity contribution in [2.24, 2.45) is 0 Å². The van der Waals surface area contributed by atoms with Crippen LogP contribution in [-0.2, 0) is 11.3 Å². The number of hydrogen-bond donors (Lipinski definition) is 1. The largest absolute Gasteiger partial charge is 1.00 e. The third kappa shape index (κ3) is 5.01. The number of halogens is 1. The molecule has 4 rings (SSSR count). The lowest BCUT2D eigenvalue weighted by atomic mass is 10.0. The number of quaternary nitrogens is 1. The fourth-order valence-electron chi connectivity index (χ4n) is 4.30. The van der Waals surface area contributed by atoms with Crippen molar-refractivity contribution in [1.82, 2.24) is 0 Å². The van der Waals surface area contributed by atoms with E-state index < -0.39 is 0 Å². The molecule has 1 heterocycles. The third-order valence-corrected chi connectivity index (χ3v) is 6.02. The minimum absolute atomic E-state index is 0. The summed E-state index contributed by atoms with van der Waals surface area (Å²) in [6.07, 6.45) is 2.23. The number of nitrogens with zero attached hydrogens (tertiary/aromatic N) is 1. The predicted molar refractivity (Wildman–Crippen MR) is 118 cm³/mol. The zero-order valence-electron chi connectivity index (χ0n) is 17.6. The van der Waals surface area contributed by atoms with Crippen LogP contribution in [0.5, 0.6) is 0 Å². The first-order chi connectivity index (χ1) is 14.0. The van der Waals surface area contributed by atoms with Gasteiger partial charge in [-0.3, -0.25) is 4.79 Å². The second kappa shape index (κ2) is 9.61. The lowest BCUT2D eigenvalue weighted by Gasteiger charge is -2.40. The molecule has 0 unspecified atom stereocenters. The first kappa shape index (κ1) is 22.3. The maximum atomic E-state index is 12.8. The summed E-state index contributed by atoms with van der Waals surface area (Å²) in [4.78, 5) is 12.8. The van der Waals surface area contributed by atoms with Crippen LogP contribution < -0.4 is 17.7 Å². The summed E-state index contributed by atoms with van der Waals surface area (Å²) in [5, 5.41) is 5.09. The normalized spacial score (nSPS) is 14.9. The van der Waals surface area contributed by atoms with Gasteiger partial charge in [-0.1, -0.05) is 48.5 Å². The van der Waals surface area contributed by atoms with Crippen LogP contribution in [0.2, 0.25) is 0 Å². The van der Waals surface area contributed by atoms with Gasteiger partial charge in [0.1, 0.15) is 6.54 Å². The molecular weight excluding hydrogens is 396 g/mol. The minimum atomic E-state index is -0.0760. The summed E-state index contributed by atoms with van der Waals surface area (Å²) in [5.74, 6) is -0.0760. The molecule has 3 aromatic carbocycles. The predicted octanol–water partition coefficient (Wildman–Crippen LogP) is 1.85. The van der Waals surface area contributed by atoms with Gasteiger partial charge in [-0.15, -0.1) is 0 Å². The quantitative estimate of drug-likeness (QED) is 0.635. The lowest BCUT2D eigenvalue weighted by molar-refractivity contribution is -0.929. The van der Waals surface area contributed by atoms with Crippen molar-refractivity contribution in [3.05, 3.63) is 77.9 Å². The molecule has 1 fully saturated rings. The van der Waals surface area contributed by atoms with Crippen LogP contribution in [0.4, 0.5) is 5.69 Å². The second-order valence-electron chi connectivity index (χ2n) is 8.46. The first-order valence-electron chi connectivity index (χ1n) is 10.3. The Kier molecular flexibility index (Phi) is 7.14. The molecule has 0 atom stereocenters. The van der Waals surface area contributed by atoms with Gasteiger partial charge < -0.3 is 26.9 Å². The van der Waals surface area contributed by atoms with E-state index in [0.717, 1.165) is 53.5 Å². The van der Waals surface area contributed by atoms with Crippen molar-refractivity contribution in [3.63, 3.8) is 0 Å². The number of anilines is 1. The smallest absolute Gasteiger partial charge is 0.256 e. The van der Waals surface area contributed by atoms with Crippen LogP contribution in [0.15, 0.2) is 66.7 Å². The van der Waals surface area contributed by atoms with Gasteiger partial charge in [0.15, 0.2) is 0 Å². The van der Waals surface area contributed by atoms with Crippen molar-refractivity contribution in [2.45, 2.75) is 25.4 Å². The average molecular weight is 425 g/mol. The molecule has 0 radical (unpaired) electrons. The fourth-order valence-corrected chi connectivity index (χ4v) is 4.30. The van der Waals surface area contributed by atoms with E-state index in [-0.39, 0.29) is 18.3 Å². The van der Waals surface area contributed by atoms with E-state index in [4.69, 9.17) is 4.74 Å². The van der Waals surface area contributed by atoms with E-state index in [9.17, 15) is 4.79 Å². The van der Waals surface area contributed by atoms with Crippen molar-refractivity contribution >= 4 is 22.4 Å². The summed E-state index contributed by atoms with van der Waals surface area (Å²) >= 11 is 0. The fraction of sp³-hybridized carbons (Fsp3) is 0.320. The van der Waals surface area contributed by atoms with Crippen molar-refractivity contribution in [2.75, 3.05) is 32.6 Å². The molecule has 0 saturated carbocycles. The number of ether oxygens (including phenoxy) is 1. The Bertz CT molecular complexity index is 990. The molecule has 0 aliphatic carbocycles. The van der Waals surface area contributed by atoms with Gasteiger partial charge in [-0.25, -0.2) is 0 Å². The Morgan fingerprint density at radius 3 is 2.37 bits per heavy atom. The molecular formula is C25H29ClN2O2. The standard InChI is InChI=1S/C25H28N2O2.ClH/c1-27(2,22-14-16-29-17-15-22)18-19-10-12-21(13-11-19)26-25(28)24-9-5-7-20-6-3-4-8-23(20)24;/h3-13,22H,14-18H2,1-2H3;1H. The molecule has 0 bridgehead atoms. The molecule has 3 aromatic rings. The SMILES string of the molecule is C[N+](C)(Cc1ccc(NC(=O)c2cccc3ccccc23)cc1)C1CCOCC1.[Cl-]. The molecule has 0 aromatic heterocycles. The van der Waals surface area contributed by atoms with Crippen LogP contribution in [0.1, 0.15) is 28.8 Å². The molecule has 1 saturated heterocycles. The number of amides is 1. The molecule has 0 spiro atoms. The Balaban J connectivity index is 0.00000256. The first-order valence-corrected chi connectivity index (χ1v) is 10.3. The van der Waals surface area contributed by atoms with E-state index in [2.05, 4.69) is 31.5 Å². The Hall–Kier alpha value is -2.40. The maximum Gasteiger partial charge on any atom is 0.256 e. The van der Waals surface area contributed by atoms with Gasteiger partial charge >= 0.3 is 0 Å². The summed E-state index contributed by atoms with van der Waals surface area (Å²) in [7, 11) is 4.60. The van der Waals surface area contributed by atoms with Crippen LogP contribution in [0, 0.1) is 0 Å². The van der Waals surface area contributed by atoms with Crippen LogP contribution >= 0.6 is 0 Å². The summed E-state index contributed by atoms with van der Waals surface area (Å²) in [5.41, 5.74) is 2.80. The molecule has 4 nitrogen and oxygen atoms in total. The summed E-state index contributed by atoms with van der Waals surface area (Å²) in [6.45, 7) is 2.71. The van der Waals surface area contributed by atoms with Gasteiger partial charge in [-0.05, 0) is 29.0 Å². The molecule has 30 heavy (non-hydrogen) atoms. The lowest BCUT2D eigenvalue weighted by Crippen LogP contribution is -3.00. The van der Waals surface area contributed by atoms with Crippen LogP contribution in [0.3, 0.4) is 0 Å². The zero-order chi connectivity index (χ0) is 20.3. The van der Waals surface area contributed by atoms with E-state index in [0.29, 0.717) is 11.6 Å². The summed E-state index contributed by atoms with van der Waals surface area (Å²) in [6, 6.07) is 22.7. The number of carbonyl (C=O) groups excluding carboxylic acids is 1. The minimum Gasteiger partial charge on any atom is -1.00 e. The van der Waals surface area contributed by atoms with Crippen molar-refractivity contribution in [3.8, 4) is 0 Å². The van der Waals surface area contributed by atoms with Gasteiger partial charge in [-0.2, -0.15) is 0 Å². The van der Waals surface area contributed by atoms with E-state index in [1.807, 2.05) is 54.6 Å². The van der Waals surface area contributed by atoms with Gasteiger partial charge in [0.05, 0.1) is 33.4 Å². The number of nitrogens with one attached hydrogen (secondary N) is 1. The van der Waals surface area contributed by atoms with Gasteiger partial charge in [0.25, 0.3) is 5.91 Å². The highest BCUT2D eigenvalue weighted by Crippen LogP contribution is 2.24. The Labute approximate surface area is 184 Å². The molecule has 1 aliphatic rings. The van der Waals surface area contributed by atoms with Crippen molar-refractivity contribution < 1.29 is 26.4 Å². The van der Waals surface area contributed by atoms with E-state index >= 15 is 0 Å². The number of hydrogen-bond acceptors (Lipinski definition) is 2. The topological polar surface area (TPSA) is 38.3 Å². The average Bonchev–Trinajstić information content (AvgIpc) is 2.75. The number of fused-ring (bicyclic) bond motifs is 1.